The van der Waals surface area contributed by atoms with Gasteiger partial charge in [0.25, 0.3) is 0 Å². The molecule has 0 saturated carbocycles. The molecule has 0 saturated heterocycles. The van der Waals surface area contributed by atoms with Crippen molar-refractivity contribution < 1.29 is 4.74 Å². The van der Waals surface area contributed by atoms with Gasteiger partial charge in [-0.05, 0) is 12.0 Å². The lowest BCUT2D eigenvalue weighted by molar-refractivity contribution is 0.149. The molecule has 0 aliphatic carbocycles. The molecule has 82 valence electrons. The van der Waals surface area contributed by atoms with E-state index >= 15 is 0 Å². The highest BCUT2D eigenvalue weighted by Crippen LogP contribution is 1.99. The third-order valence-electron chi connectivity index (χ3n) is 1.64. The van der Waals surface area contributed by atoms with Gasteiger partial charge in [0, 0.05) is 0 Å². The SMILES string of the molecule is C=CCC.C=CCOCc1ccccc1. The van der Waals surface area contributed by atoms with E-state index in [9.17, 15) is 0 Å². The molecule has 0 aromatic heterocycles. The Morgan fingerprint density at radius 2 is 1.73 bits per heavy atom. The van der Waals surface area contributed by atoms with Crippen molar-refractivity contribution in [2.45, 2.75) is 20.0 Å². The average Bonchev–Trinajstić information content (AvgIpc) is 2.31. The molecule has 0 aliphatic rings. The first-order chi connectivity index (χ1) is 7.35. The summed E-state index contributed by atoms with van der Waals surface area (Å²) in [6.45, 7) is 10.4. The molecule has 0 aliphatic heterocycles. The molecule has 0 bridgehead atoms. The molecule has 0 spiro atoms. The highest BCUT2D eigenvalue weighted by Gasteiger charge is 1.87. The Morgan fingerprint density at radius 3 is 2.20 bits per heavy atom. The zero-order valence-electron chi connectivity index (χ0n) is 9.49. The van der Waals surface area contributed by atoms with Crippen LogP contribution >= 0.6 is 0 Å². The van der Waals surface area contributed by atoms with E-state index in [-0.39, 0.29) is 0 Å². The lowest BCUT2D eigenvalue weighted by Gasteiger charge is -1.99. The normalized spacial score (nSPS) is 8.60. The van der Waals surface area contributed by atoms with Crippen LogP contribution in [-0.2, 0) is 11.3 Å². The van der Waals surface area contributed by atoms with Gasteiger partial charge >= 0.3 is 0 Å². The maximum absolute atomic E-state index is 5.25. The molecule has 1 aromatic rings. The second-order valence-electron chi connectivity index (χ2n) is 2.99. The summed E-state index contributed by atoms with van der Waals surface area (Å²) in [6, 6.07) is 10.1. The highest BCUT2D eigenvalue weighted by molar-refractivity contribution is 5.13. The van der Waals surface area contributed by atoms with Crippen molar-refractivity contribution in [2.75, 3.05) is 6.61 Å². The number of allylic oxidation sites excluding steroid dienone is 1. The van der Waals surface area contributed by atoms with Gasteiger partial charge in [0.05, 0.1) is 13.2 Å². The Morgan fingerprint density at radius 1 is 1.13 bits per heavy atom. The van der Waals surface area contributed by atoms with E-state index in [0.29, 0.717) is 13.2 Å². The molecule has 1 nitrogen and oxygen atoms in total. The molecule has 0 unspecified atom stereocenters. The van der Waals surface area contributed by atoms with Gasteiger partial charge in [-0.3, -0.25) is 0 Å². The van der Waals surface area contributed by atoms with E-state index in [0.717, 1.165) is 6.42 Å². The van der Waals surface area contributed by atoms with Gasteiger partial charge in [-0.1, -0.05) is 49.4 Å². The first kappa shape index (κ1) is 13.7. The van der Waals surface area contributed by atoms with Gasteiger partial charge in [0.15, 0.2) is 0 Å². The molecule has 0 radical (unpaired) electrons. The fourth-order valence-electron chi connectivity index (χ4n) is 0.834. The molecule has 15 heavy (non-hydrogen) atoms. The van der Waals surface area contributed by atoms with Gasteiger partial charge in [-0.2, -0.15) is 0 Å². The average molecular weight is 204 g/mol. The number of benzene rings is 1. The van der Waals surface area contributed by atoms with E-state index in [2.05, 4.69) is 20.1 Å². The Labute approximate surface area is 93.1 Å². The second-order valence-corrected chi connectivity index (χ2v) is 2.99. The quantitative estimate of drug-likeness (QED) is 0.521. The van der Waals surface area contributed by atoms with Crippen LogP contribution < -0.4 is 0 Å². The van der Waals surface area contributed by atoms with Gasteiger partial charge < -0.3 is 4.74 Å². The highest BCUT2D eigenvalue weighted by atomic mass is 16.5. The lowest BCUT2D eigenvalue weighted by Crippen LogP contribution is -1.91. The summed E-state index contributed by atoms with van der Waals surface area (Å²) in [5, 5.41) is 0. The zero-order valence-corrected chi connectivity index (χ0v) is 9.49. The van der Waals surface area contributed by atoms with E-state index in [1.165, 1.54) is 5.56 Å². The lowest BCUT2D eigenvalue weighted by atomic mass is 10.2. The van der Waals surface area contributed by atoms with Crippen LogP contribution in [0.3, 0.4) is 0 Å². The summed E-state index contributed by atoms with van der Waals surface area (Å²) in [7, 11) is 0. The van der Waals surface area contributed by atoms with Crippen LogP contribution in [0.1, 0.15) is 18.9 Å². The van der Waals surface area contributed by atoms with Crippen LogP contribution in [0, 0.1) is 0 Å². The topological polar surface area (TPSA) is 9.23 Å². The summed E-state index contributed by atoms with van der Waals surface area (Å²) in [5.41, 5.74) is 1.20. The fraction of sp³-hybridized carbons (Fsp3) is 0.286. The predicted octanol–water partition coefficient (Wildman–Crippen LogP) is 3.97. The maximum Gasteiger partial charge on any atom is 0.0721 e. The molecule has 1 heteroatoms. The fourth-order valence-corrected chi connectivity index (χ4v) is 0.834. The Hall–Kier alpha value is -1.34. The van der Waals surface area contributed by atoms with Crippen LogP contribution in [0.25, 0.3) is 0 Å². The standard InChI is InChI=1S/C10H12O.C4H8/c1-2-8-11-9-10-6-4-3-5-7-10;1-3-4-2/h2-7H,1,8-9H2;3H,1,4H2,2H3. The maximum atomic E-state index is 5.25. The largest absolute Gasteiger partial charge is 0.373 e. The minimum absolute atomic E-state index is 0.620. The van der Waals surface area contributed by atoms with Gasteiger partial charge in [-0.15, -0.1) is 13.2 Å². The predicted molar refractivity (Wildman–Crippen MR) is 66.8 cm³/mol. The molecule has 1 aromatic carbocycles. The Bertz CT molecular complexity index is 251. The smallest absolute Gasteiger partial charge is 0.0721 e. The third-order valence-corrected chi connectivity index (χ3v) is 1.64. The van der Waals surface area contributed by atoms with Crippen LogP contribution in [0.2, 0.25) is 0 Å². The Balaban J connectivity index is 0.000000423. The summed E-state index contributed by atoms with van der Waals surface area (Å²) in [5.74, 6) is 0. The number of rotatable bonds is 5. The summed E-state index contributed by atoms with van der Waals surface area (Å²) >= 11 is 0. The molecular weight excluding hydrogens is 184 g/mol. The molecule has 0 amide bonds. The molecular formula is C14H20O. The summed E-state index contributed by atoms with van der Waals surface area (Å²) < 4.78 is 5.25. The molecule has 0 N–H and O–H groups in total. The first-order valence-corrected chi connectivity index (χ1v) is 5.18. The van der Waals surface area contributed by atoms with E-state index in [4.69, 9.17) is 4.74 Å². The van der Waals surface area contributed by atoms with Crippen molar-refractivity contribution in [1.29, 1.82) is 0 Å². The molecule has 0 fully saturated rings. The summed E-state index contributed by atoms with van der Waals surface area (Å²) in [6.07, 6.45) is 4.71. The number of hydrogen-bond acceptors (Lipinski definition) is 1. The monoisotopic (exact) mass is 204 g/mol. The summed E-state index contributed by atoms with van der Waals surface area (Å²) in [4.78, 5) is 0. The van der Waals surface area contributed by atoms with E-state index in [1.54, 1.807) is 6.08 Å². The zero-order chi connectivity index (χ0) is 11.4. The third kappa shape index (κ3) is 8.98. The van der Waals surface area contributed by atoms with Crippen molar-refractivity contribution in [3.63, 3.8) is 0 Å². The van der Waals surface area contributed by atoms with Crippen molar-refractivity contribution >= 4 is 0 Å². The molecule has 1 rings (SSSR count). The van der Waals surface area contributed by atoms with E-state index < -0.39 is 0 Å². The molecule has 0 atom stereocenters. The van der Waals surface area contributed by atoms with Gasteiger partial charge in [-0.25, -0.2) is 0 Å². The van der Waals surface area contributed by atoms with Gasteiger partial charge in [0.2, 0.25) is 0 Å². The van der Waals surface area contributed by atoms with Crippen LogP contribution in [0.4, 0.5) is 0 Å². The number of hydrogen-bond donors (Lipinski definition) is 0. The van der Waals surface area contributed by atoms with Crippen LogP contribution in [0.5, 0.6) is 0 Å². The minimum atomic E-state index is 0.620. The Kier molecular flexibility index (Phi) is 9.78. The van der Waals surface area contributed by atoms with Crippen LogP contribution in [-0.4, -0.2) is 6.61 Å². The molecule has 0 heterocycles. The van der Waals surface area contributed by atoms with Crippen molar-refractivity contribution in [3.8, 4) is 0 Å². The van der Waals surface area contributed by atoms with Gasteiger partial charge in [0.1, 0.15) is 0 Å². The van der Waals surface area contributed by atoms with Crippen LogP contribution in [0.15, 0.2) is 55.6 Å². The number of ether oxygens (including phenoxy) is 1. The van der Waals surface area contributed by atoms with Crippen molar-refractivity contribution in [2.24, 2.45) is 0 Å². The minimum Gasteiger partial charge on any atom is -0.373 e. The second kappa shape index (κ2) is 10.7. The first-order valence-electron chi connectivity index (χ1n) is 5.18. The van der Waals surface area contributed by atoms with Crippen molar-refractivity contribution in [1.82, 2.24) is 0 Å². The van der Waals surface area contributed by atoms with Crippen molar-refractivity contribution in [3.05, 3.63) is 61.2 Å². The van der Waals surface area contributed by atoms with E-state index in [1.807, 2.05) is 36.4 Å².